The number of benzene rings is 1. The van der Waals surface area contributed by atoms with E-state index in [0.29, 0.717) is 18.8 Å². The molecule has 100 valence electrons. The summed E-state index contributed by atoms with van der Waals surface area (Å²) in [5.74, 6) is -0.0876. The average molecular weight is 370 g/mol. The number of halogens is 1. The van der Waals surface area contributed by atoms with Crippen LogP contribution >= 0.6 is 22.6 Å². The van der Waals surface area contributed by atoms with Gasteiger partial charge in [0, 0.05) is 19.0 Å². The van der Waals surface area contributed by atoms with Gasteiger partial charge in [-0.3, -0.25) is 4.79 Å². The Labute approximate surface area is 125 Å². The molecule has 1 aromatic heterocycles. The fourth-order valence-corrected chi connectivity index (χ4v) is 2.93. The Balaban J connectivity index is 2.56. The second-order valence-corrected chi connectivity index (χ2v) is 5.05. The third-order valence-corrected chi connectivity index (χ3v) is 3.92. The number of amides is 1. The number of nitrogens with zero attached hydrogens (tertiary/aromatic N) is 1. The molecule has 0 fully saturated rings. The van der Waals surface area contributed by atoms with Crippen LogP contribution in [0.3, 0.4) is 0 Å². The number of carbonyl (C=O) groups excluding carboxylic acids is 1. The van der Waals surface area contributed by atoms with Crippen LogP contribution in [0, 0.1) is 3.70 Å². The molecule has 0 aliphatic rings. The summed E-state index contributed by atoms with van der Waals surface area (Å²) >= 11 is 2.18. The van der Waals surface area contributed by atoms with Gasteiger partial charge in [0.15, 0.2) is 0 Å². The molecule has 0 atom stereocenters. The van der Waals surface area contributed by atoms with Gasteiger partial charge in [0.05, 0.1) is 14.8 Å². The fraction of sp³-hybridized carbons (Fsp3) is 0.214. The molecule has 19 heavy (non-hydrogen) atoms. The molecule has 1 amide bonds. The van der Waals surface area contributed by atoms with E-state index >= 15 is 0 Å². The van der Waals surface area contributed by atoms with Crippen molar-refractivity contribution in [1.82, 2.24) is 9.88 Å². The van der Waals surface area contributed by atoms with Gasteiger partial charge in [0.2, 0.25) is 0 Å². The lowest BCUT2D eigenvalue weighted by Gasteiger charge is -2.05. The molecular weight excluding hydrogens is 355 g/mol. The molecule has 0 bridgehead atoms. The summed E-state index contributed by atoms with van der Waals surface area (Å²) in [5.41, 5.74) is 1.69. The number of aromatic nitrogens is 1. The summed E-state index contributed by atoms with van der Waals surface area (Å²) in [4.78, 5) is 12.2. The van der Waals surface area contributed by atoms with E-state index in [4.69, 9.17) is 4.74 Å². The quantitative estimate of drug-likeness (QED) is 0.650. The van der Waals surface area contributed by atoms with Crippen molar-refractivity contribution in [2.24, 2.45) is 0 Å². The predicted octanol–water partition coefficient (Wildman–Crippen LogP) is 2.77. The van der Waals surface area contributed by atoms with Gasteiger partial charge in [0.1, 0.15) is 6.73 Å². The van der Waals surface area contributed by atoms with Gasteiger partial charge in [-0.15, -0.1) is 6.58 Å². The van der Waals surface area contributed by atoms with Crippen molar-refractivity contribution in [1.29, 1.82) is 0 Å². The number of para-hydroxylation sites is 1. The largest absolute Gasteiger partial charge is 0.364 e. The first-order valence-corrected chi connectivity index (χ1v) is 6.93. The molecule has 2 rings (SSSR count). The molecule has 0 saturated heterocycles. The molecule has 2 aromatic rings. The highest BCUT2D eigenvalue weighted by molar-refractivity contribution is 14.1. The predicted molar refractivity (Wildman–Crippen MR) is 84.2 cm³/mol. The van der Waals surface area contributed by atoms with E-state index in [0.717, 1.165) is 14.6 Å². The maximum absolute atomic E-state index is 12.2. The summed E-state index contributed by atoms with van der Waals surface area (Å²) in [6.07, 6.45) is 1.67. The molecule has 0 aliphatic heterocycles. The lowest BCUT2D eigenvalue weighted by molar-refractivity contribution is 0.0956. The smallest absolute Gasteiger partial charge is 0.254 e. The molecular formula is C14H15IN2O2. The first-order chi connectivity index (χ1) is 9.20. The van der Waals surface area contributed by atoms with Gasteiger partial charge in [0.25, 0.3) is 5.91 Å². The van der Waals surface area contributed by atoms with E-state index in [2.05, 4.69) is 34.5 Å². The lowest BCUT2D eigenvalue weighted by Crippen LogP contribution is -2.24. The van der Waals surface area contributed by atoms with Crippen LogP contribution in [0.15, 0.2) is 36.9 Å². The van der Waals surface area contributed by atoms with Gasteiger partial charge in [-0.05, 0) is 28.7 Å². The first kappa shape index (κ1) is 14.1. The summed E-state index contributed by atoms with van der Waals surface area (Å²) in [7, 11) is 1.64. The molecule has 0 aliphatic carbocycles. The topological polar surface area (TPSA) is 43.3 Å². The Kier molecular flexibility index (Phi) is 4.60. The number of ether oxygens (including phenoxy) is 1. The molecule has 0 saturated carbocycles. The monoisotopic (exact) mass is 370 g/mol. The Bertz CT molecular complexity index is 619. The van der Waals surface area contributed by atoms with E-state index in [1.165, 1.54) is 0 Å². The van der Waals surface area contributed by atoms with Crippen LogP contribution in [0.4, 0.5) is 0 Å². The van der Waals surface area contributed by atoms with Crippen LogP contribution in [-0.4, -0.2) is 24.1 Å². The van der Waals surface area contributed by atoms with Gasteiger partial charge in [-0.25, -0.2) is 0 Å². The Morgan fingerprint density at radius 3 is 2.95 bits per heavy atom. The van der Waals surface area contributed by atoms with Crippen LogP contribution in [-0.2, 0) is 11.5 Å². The van der Waals surface area contributed by atoms with E-state index in [1.807, 2.05) is 28.8 Å². The number of methoxy groups -OCH3 is 1. The van der Waals surface area contributed by atoms with Crippen molar-refractivity contribution in [2.75, 3.05) is 13.7 Å². The molecule has 1 aromatic carbocycles. The number of carbonyl (C=O) groups is 1. The average Bonchev–Trinajstić information content (AvgIpc) is 2.70. The Morgan fingerprint density at radius 2 is 2.26 bits per heavy atom. The van der Waals surface area contributed by atoms with Gasteiger partial charge in [-0.1, -0.05) is 24.3 Å². The minimum absolute atomic E-state index is 0.0876. The highest BCUT2D eigenvalue weighted by Crippen LogP contribution is 2.27. The van der Waals surface area contributed by atoms with Crippen LogP contribution in [0.5, 0.6) is 0 Å². The zero-order chi connectivity index (χ0) is 13.8. The standard InChI is InChI=1S/C14H15IN2O2/c1-3-8-16-14(18)12-10-6-4-5-7-11(10)17(9-19-2)13(12)15/h3-7H,1,8-9H2,2H3,(H,16,18). The number of nitrogens with one attached hydrogen (secondary N) is 1. The lowest BCUT2D eigenvalue weighted by atomic mass is 10.1. The van der Waals surface area contributed by atoms with Gasteiger partial charge >= 0.3 is 0 Å². The molecule has 0 radical (unpaired) electrons. The van der Waals surface area contributed by atoms with E-state index in [9.17, 15) is 4.79 Å². The molecule has 1 heterocycles. The van der Waals surface area contributed by atoms with Crippen LogP contribution in [0.25, 0.3) is 10.9 Å². The first-order valence-electron chi connectivity index (χ1n) is 5.85. The maximum Gasteiger partial charge on any atom is 0.254 e. The summed E-state index contributed by atoms with van der Waals surface area (Å²) in [6, 6.07) is 7.82. The minimum atomic E-state index is -0.0876. The second-order valence-electron chi connectivity index (χ2n) is 4.03. The van der Waals surface area contributed by atoms with Crippen molar-refractivity contribution < 1.29 is 9.53 Å². The minimum Gasteiger partial charge on any atom is -0.364 e. The van der Waals surface area contributed by atoms with Crippen molar-refractivity contribution in [2.45, 2.75) is 6.73 Å². The molecule has 5 heteroatoms. The number of fused-ring (bicyclic) bond motifs is 1. The summed E-state index contributed by atoms with van der Waals surface area (Å²) < 4.78 is 8.06. The molecule has 0 spiro atoms. The van der Waals surface area contributed by atoms with Gasteiger partial charge < -0.3 is 14.6 Å². The van der Waals surface area contributed by atoms with Crippen molar-refractivity contribution in [3.8, 4) is 0 Å². The van der Waals surface area contributed by atoms with Crippen LogP contribution in [0.2, 0.25) is 0 Å². The van der Waals surface area contributed by atoms with Crippen LogP contribution < -0.4 is 5.32 Å². The maximum atomic E-state index is 12.2. The number of rotatable bonds is 5. The zero-order valence-electron chi connectivity index (χ0n) is 10.6. The SMILES string of the molecule is C=CCNC(=O)c1c(I)n(COC)c2ccccc12. The van der Waals surface area contributed by atoms with Crippen molar-refractivity contribution in [3.63, 3.8) is 0 Å². The molecule has 0 unspecified atom stereocenters. The number of hydrogen-bond acceptors (Lipinski definition) is 2. The number of hydrogen-bond donors (Lipinski definition) is 1. The van der Waals surface area contributed by atoms with Crippen molar-refractivity contribution >= 4 is 39.4 Å². The fourth-order valence-electron chi connectivity index (χ4n) is 2.00. The Morgan fingerprint density at radius 1 is 1.53 bits per heavy atom. The van der Waals surface area contributed by atoms with Crippen molar-refractivity contribution in [3.05, 3.63) is 46.2 Å². The van der Waals surface area contributed by atoms with E-state index in [1.54, 1.807) is 13.2 Å². The second kappa shape index (κ2) is 6.21. The third kappa shape index (κ3) is 2.66. The van der Waals surface area contributed by atoms with E-state index in [-0.39, 0.29) is 5.91 Å². The van der Waals surface area contributed by atoms with E-state index < -0.39 is 0 Å². The highest BCUT2D eigenvalue weighted by atomic mass is 127. The third-order valence-electron chi connectivity index (χ3n) is 2.80. The molecule has 4 nitrogen and oxygen atoms in total. The summed E-state index contributed by atoms with van der Waals surface area (Å²) in [6.45, 7) is 4.49. The van der Waals surface area contributed by atoms with Crippen LogP contribution in [0.1, 0.15) is 10.4 Å². The zero-order valence-corrected chi connectivity index (χ0v) is 12.8. The normalized spacial score (nSPS) is 10.6. The summed E-state index contributed by atoms with van der Waals surface area (Å²) in [5, 5.41) is 3.76. The highest BCUT2D eigenvalue weighted by Gasteiger charge is 2.20. The Hall–Kier alpha value is -1.34. The molecule has 1 N–H and O–H groups in total. The van der Waals surface area contributed by atoms with Gasteiger partial charge in [-0.2, -0.15) is 0 Å².